The Morgan fingerprint density at radius 2 is 1.85 bits per heavy atom. The average Bonchev–Trinajstić information content (AvgIpc) is 2.94. The molecule has 1 amide bonds. The molecule has 1 heterocycles. The first-order valence-corrected chi connectivity index (χ1v) is 6.54. The van der Waals surface area contributed by atoms with Gasteiger partial charge < -0.3 is 16.0 Å². The maximum absolute atomic E-state index is 11.9. The molecule has 4 nitrogen and oxygen atoms in total. The minimum atomic E-state index is -0.0702. The predicted octanol–water partition coefficient (Wildman–Crippen LogP) is 2.57. The van der Waals surface area contributed by atoms with Crippen LogP contribution < -0.4 is 11.1 Å². The number of amides is 1. The number of aromatic nitrogens is 1. The Bertz CT molecular complexity index is 525. The van der Waals surface area contributed by atoms with Crippen molar-refractivity contribution in [3.8, 4) is 11.3 Å². The summed E-state index contributed by atoms with van der Waals surface area (Å²) in [7, 11) is 0. The molecule has 5 heteroatoms. The van der Waals surface area contributed by atoms with Crippen molar-refractivity contribution < 1.29 is 4.79 Å². The molecule has 0 aliphatic rings. The smallest absolute Gasteiger partial charge is 0.267 e. The Balaban J connectivity index is 0.00000200. The van der Waals surface area contributed by atoms with Crippen molar-refractivity contribution in [3.63, 3.8) is 0 Å². The highest BCUT2D eigenvalue weighted by atomic mass is 35.5. The van der Waals surface area contributed by atoms with E-state index < -0.39 is 0 Å². The average molecular weight is 294 g/mol. The summed E-state index contributed by atoms with van der Waals surface area (Å²) in [5.74, 6) is -0.0702. The molecule has 0 fully saturated rings. The number of H-pyrrole nitrogens is 1. The third kappa shape index (κ3) is 4.40. The number of nitrogens with one attached hydrogen (secondary N) is 2. The first-order valence-electron chi connectivity index (χ1n) is 6.54. The van der Waals surface area contributed by atoms with Crippen LogP contribution in [0.15, 0.2) is 42.5 Å². The van der Waals surface area contributed by atoms with E-state index in [-0.39, 0.29) is 18.3 Å². The van der Waals surface area contributed by atoms with Crippen molar-refractivity contribution in [3.05, 3.63) is 48.2 Å². The molecule has 0 radical (unpaired) electrons. The van der Waals surface area contributed by atoms with Crippen LogP contribution in [0.4, 0.5) is 0 Å². The summed E-state index contributed by atoms with van der Waals surface area (Å²) in [5.41, 5.74) is 8.02. The van der Waals surface area contributed by atoms with Crippen LogP contribution in [0.3, 0.4) is 0 Å². The van der Waals surface area contributed by atoms with Crippen LogP contribution >= 0.6 is 12.4 Å². The van der Waals surface area contributed by atoms with E-state index in [9.17, 15) is 4.79 Å². The highest BCUT2D eigenvalue weighted by Crippen LogP contribution is 2.17. The Morgan fingerprint density at radius 3 is 2.55 bits per heavy atom. The molecule has 1 aromatic heterocycles. The molecule has 0 saturated carbocycles. The Morgan fingerprint density at radius 1 is 1.10 bits per heavy atom. The van der Waals surface area contributed by atoms with Gasteiger partial charge in [-0.05, 0) is 37.1 Å². The minimum absolute atomic E-state index is 0. The number of halogens is 1. The molecule has 0 bridgehead atoms. The standard InChI is InChI=1S/C15H19N3O.ClH/c16-10-4-5-11-17-15(19)14-9-8-13(18-14)12-6-2-1-3-7-12;/h1-3,6-9,18H,4-5,10-11,16H2,(H,17,19);1H. The second-order valence-electron chi connectivity index (χ2n) is 4.40. The van der Waals surface area contributed by atoms with E-state index in [1.54, 1.807) is 6.07 Å². The summed E-state index contributed by atoms with van der Waals surface area (Å²) < 4.78 is 0. The summed E-state index contributed by atoms with van der Waals surface area (Å²) in [6.45, 7) is 1.33. The van der Waals surface area contributed by atoms with Gasteiger partial charge in [0, 0.05) is 12.2 Å². The largest absolute Gasteiger partial charge is 0.351 e. The molecule has 108 valence electrons. The molecule has 2 aromatic rings. The van der Waals surface area contributed by atoms with Crippen LogP contribution in [-0.2, 0) is 0 Å². The van der Waals surface area contributed by atoms with Gasteiger partial charge in [0.05, 0.1) is 0 Å². The van der Waals surface area contributed by atoms with Gasteiger partial charge in [-0.2, -0.15) is 0 Å². The normalized spacial score (nSPS) is 9.85. The molecule has 4 N–H and O–H groups in total. The van der Waals surface area contributed by atoms with Crippen molar-refractivity contribution >= 4 is 18.3 Å². The fourth-order valence-corrected chi connectivity index (χ4v) is 1.88. The minimum Gasteiger partial charge on any atom is -0.351 e. The highest BCUT2D eigenvalue weighted by Gasteiger charge is 2.08. The van der Waals surface area contributed by atoms with Crippen LogP contribution in [0.25, 0.3) is 11.3 Å². The van der Waals surface area contributed by atoms with E-state index in [4.69, 9.17) is 5.73 Å². The zero-order valence-electron chi connectivity index (χ0n) is 11.3. The third-order valence-corrected chi connectivity index (χ3v) is 2.93. The fourth-order valence-electron chi connectivity index (χ4n) is 1.88. The van der Waals surface area contributed by atoms with E-state index in [1.165, 1.54) is 0 Å². The molecule has 0 aliphatic carbocycles. The van der Waals surface area contributed by atoms with Crippen LogP contribution in [0, 0.1) is 0 Å². The van der Waals surface area contributed by atoms with Gasteiger partial charge in [0.1, 0.15) is 5.69 Å². The summed E-state index contributed by atoms with van der Waals surface area (Å²) in [4.78, 5) is 15.0. The number of benzene rings is 1. The van der Waals surface area contributed by atoms with Crippen molar-refractivity contribution in [2.45, 2.75) is 12.8 Å². The molecule has 0 aliphatic heterocycles. The number of carbonyl (C=O) groups is 1. The monoisotopic (exact) mass is 293 g/mol. The van der Waals surface area contributed by atoms with Crippen molar-refractivity contribution in [1.82, 2.24) is 10.3 Å². The van der Waals surface area contributed by atoms with E-state index in [2.05, 4.69) is 10.3 Å². The SMILES string of the molecule is Cl.NCCCCNC(=O)c1ccc(-c2ccccc2)[nH]1. The van der Waals surface area contributed by atoms with Gasteiger partial charge >= 0.3 is 0 Å². The molecule has 0 saturated heterocycles. The second kappa shape index (κ2) is 8.40. The second-order valence-corrected chi connectivity index (χ2v) is 4.40. The predicted molar refractivity (Wildman–Crippen MR) is 84.1 cm³/mol. The molecule has 0 atom stereocenters. The number of hydrogen-bond acceptors (Lipinski definition) is 2. The van der Waals surface area contributed by atoms with Gasteiger partial charge in [-0.25, -0.2) is 0 Å². The quantitative estimate of drug-likeness (QED) is 0.716. The first kappa shape index (κ1) is 16.3. The maximum atomic E-state index is 11.9. The van der Waals surface area contributed by atoms with Crippen LogP contribution in [0.1, 0.15) is 23.3 Å². The van der Waals surface area contributed by atoms with Crippen molar-refractivity contribution in [2.75, 3.05) is 13.1 Å². The molecular formula is C15H20ClN3O. The first-order chi connectivity index (χ1) is 9.31. The van der Waals surface area contributed by atoms with Gasteiger partial charge in [-0.15, -0.1) is 12.4 Å². The lowest BCUT2D eigenvalue weighted by molar-refractivity contribution is 0.0949. The number of carbonyl (C=O) groups excluding carboxylic acids is 1. The maximum Gasteiger partial charge on any atom is 0.267 e. The van der Waals surface area contributed by atoms with Crippen LogP contribution in [-0.4, -0.2) is 24.0 Å². The zero-order valence-corrected chi connectivity index (χ0v) is 12.1. The van der Waals surface area contributed by atoms with E-state index in [1.807, 2.05) is 36.4 Å². The zero-order chi connectivity index (χ0) is 13.5. The summed E-state index contributed by atoms with van der Waals surface area (Å²) in [6.07, 6.45) is 1.84. The van der Waals surface area contributed by atoms with Crippen LogP contribution in [0.5, 0.6) is 0 Å². The Hall–Kier alpha value is -1.78. The van der Waals surface area contributed by atoms with E-state index in [0.29, 0.717) is 18.8 Å². The molecule has 1 aromatic carbocycles. The lowest BCUT2D eigenvalue weighted by atomic mass is 10.2. The molecule has 2 rings (SSSR count). The summed E-state index contributed by atoms with van der Waals surface area (Å²) in [6, 6.07) is 13.7. The lowest BCUT2D eigenvalue weighted by Gasteiger charge is -2.03. The van der Waals surface area contributed by atoms with Gasteiger partial charge in [0.25, 0.3) is 5.91 Å². The van der Waals surface area contributed by atoms with Crippen LogP contribution in [0.2, 0.25) is 0 Å². The molecule has 20 heavy (non-hydrogen) atoms. The Kier molecular flexibility index (Phi) is 6.84. The fraction of sp³-hybridized carbons (Fsp3) is 0.267. The molecule has 0 unspecified atom stereocenters. The number of nitrogens with two attached hydrogens (primary N) is 1. The highest BCUT2D eigenvalue weighted by molar-refractivity contribution is 5.93. The number of aromatic amines is 1. The molecular weight excluding hydrogens is 274 g/mol. The lowest BCUT2D eigenvalue weighted by Crippen LogP contribution is -2.25. The number of unbranched alkanes of at least 4 members (excludes halogenated alkanes) is 1. The van der Waals surface area contributed by atoms with Crippen molar-refractivity contribution in [1.29, 1.82) is 0 Å². The molecule has 0 spiro atoms. The third-order valence-electron chi connectivity index (χ3n) is 2.93. The van der Waals surface area contributed by atoms with Gasteiger partial charge in [-0.1, -0.05) is 30.3 Å². The summed E-state index contributed by atoms with van der Waals surface area (Å²) in [5, 5.41) is 2.87. The van der Waals surface area contributed by atoms with E-state index in [0.717, 1.165) is 24.1 Å². The topological polar surface area (TPSA) is 70.9 Å². The van der Waals surface area contributed by atoms with Gasteiger partial charge in [0.2, 0.25) is 0 Å². The van der Waals surface area contributed by atoms with Crippen molar-refractivity contribution in [2.24, 2.45) is 5.73 Å². The van der Waals surface area contributed by atoms with Gasteiger partial charge in [-0.3, -0.25) is 4.79 Å². The van der Waals surface area contributed by atoms with Gasteiger partial charge in [0.15, 0.2) is 0 Å². The number of rotatable bonds is 6. The summed E-state index contributed by atoms with van der Waals surface area (Å²) >= 11 is 0. The number of hydrogen-bond donors (Lipinski definition) is 3. The van der Waals surface area contributed by atoms with E-state index >= 15 is 0 Å². The Labute approximate surface area is 125 Å².